The molecule has 0 unspecified atom stereocenters. The summed E-state index contributed by atoms with van der Waals surface area (Å²) in [5.74, 6) is -0.638. The van der Waals surface area contributed by atoms with Gasteiger partial charge in [-0.2, -0.15) is 0 Å². The van der Waals surface area contributed by atoms with Gasteiger partial charge in [-0.3, -0.25) is 4.79 Å². The first-order valence-electron chi connectivity index (χ1n) is 14.7. The van der Waals surface area contributed by atoms with Gasteiger partial charge >= 0.3 is 5.97 Å². The highest BCUT2D eigenvalue weighted by Crippen LogP contribution is 2.34. The number of amides is 1. The summed E-state index contributed by atoms with van der Waals surface area (Å²) in [6.45, 7) is 11.1. The monoisotopic (exact) mass is 619 g/mol. The molecule has 2 aliphatic heterocycles. The standard InChI is InChI=1S/C33H35ClFN5O4/c1-19-13-28(36-20(2)29(19)32(42)43)38-10-11-40(33(3,4)18-38)31(41)27-8-6-23-24(22-5-7-25(34)26(35)14-22)16-39(30(23)37-27)15-21-9-12-44-17-21/h5-8,13-14,16,21H,9-12,15,17-18H2,1-4H3,(H,42,43)/t21-/m1/s1. The quantitative estimate of drug-likeness (QED) is 0.283. The predicted octanol–water partition coefficient (Wildman–Crippen LogP) is 5.98. The van der Waals surface area contributed by atoms with Crippen LogP contribution >= 0.6 is 11.6 Å². The lowest BCUT2D eigenvalue weighted by Gasteiger charge is -2.47. The van der Waals surface area contributed by atoms with Crippen molar-refractivity contribution in [2.75, 3.05) is 37.7 Å². The van der Waals surface area contributed by atoms with Gasteiger partial charge in [-0.25, -0.2) is 19.2 Å². The number of benzene rings is 1. The molecule has 44 heavy (non-hydrogen) atoms. The minimum atomic E-state index is -0.991. The summed E-state index contributed by atoms with van der Waals surface area (Å²) < 4.78 is 22.1. The molecule has 230 valence electrons. The first kappa shape index (κ1) is 30.0. The topological polar surface area (TPSA) is 101 Å². The molecule has 4 aromatic rings. The van der Waals surface area contributed by atoms with Crippen LogP contribution in [0.1, 0.15) is 52.4 Å². The number of anilines is 1. The SMILES string of the molecule is Cc1cc(N2CCN(C(=O)c3ccc4c(-c5ccc(Cl)c(F)c5)cn(C[C@H]5CCOC5)c4n3)C(C)(C)C2)nc(C)c1C(=O)O. The van der Waals surface area contributed by atoms with Crippen molar-refractivity contribution in [3.8, 4) is 11.1 Å². The zero-order chi connectivity index (χ0) is 31.3. The Morgan fingerprint density at radius 3 is 2.59 bits per heavy atom. The van der Waals surface area contributed by atoms with Gasteiger partial charge in [-0.15, -0.1) is 0 Å². The molecule has 1 atom stereocenters. The molecule has 5 heterocycles. The Kier molecular flexibility index (Phi) is 7.83. The summed E-state index contributed by atoms with van der Waals surface area (Å²) in [4.78, 5) is 39.1. The van der Waals surface area contributed by atoms with Crippen LogP contribution in [0.4, 0.5) is 10.2 Å². The van der Waals surface area contributed by atoms with E-state index in [2.05, 4.69) is 9.88 Å². The van der Waals surface area contributed by atoms with E-state index in [9.17, 15) is 19.1 Å². The van der Waals surface area contributed by atoms with E-state index < -0.39 is 17.3 Å². The maximum Gasteiger partial charge on any atom is 0.337 e. The van der Waals surface area contributed by atoms with E-state index in [0.717, 1.165) is 24.0 Å². The van der Waals surface area contributed by atoms with Crippen LogP contribution in [0.2, 0.25) is 5.02 Å². The molecule has 1 N–H and O–H groups in total. The zero-order valence-corrected chi connectivity index (χ0v) is 26.0. The summed E-state index contributed by atoms with van der Waals surface area (Å²) in [6.07, 6.45) is 2.91. The average molecular weight is 620 g/mol. The second kappa shape index (κ2) is 11.5. The number of aromatic nitrogens is 3. The van der Waals surface area contributed by atoms with Crippen molar-refractivity contribution in [1.29, 1.82) is 0 Å². The van der Waals surface area contributed by atoms with Crippen LogP contribution in [0.5, 0.6) is 0 Å². The van der Waals surface area contributed by atoms with Crippen LogP contribution in [0.3, 0.4) is 0 Å². The van der Waals surface area contributed by atoms with Gasteiger partial charge in [0, 0.05) is 55.9 Å². The number of carboxylic acid groups (broad SMARTS) is 1. The van der Waals surface area contributed by atoms with Gasteiger partial charge in [0.1, 0.15) is 23.0 Å². The highest BCUT2D eigenvalue weighted by molar-refractivity contribution is 6.30. The molecule has 1 aromatic carbocycles. The number of carboxylic acids is 1. The molecule has 3 aromatic heterocycles. The fourth-order valence-electron chi connectivity index (χ4n) is 6.48. The third-order valence-corrected chi connectivity index (χ3v) is 9.03. The predicted molar refractivity (Wildman–Crippen MR) is 167 cm³/mol. The smallest absolute Gasteiger partial charge is 0.337 e. The van der Waals surface area contributed by atoms with Crippen molar-refractivity contribution in [3.63, 3.8) is 0 Å². The fourth-order valence-corrected chi connectivity index (χ4v) is 6.60. The van der Waals surface area contributed by atoms with Gasteiger partial charge in [0.15, 0.2) is 0 Å². The molecule has 0 bridgehead atoms. The third-order valence-electron chi connectivity index (χ3n) is 8.72. The fraction of sp³-hybridized carbons (Fsp3) is 0.394. The van der Waals surface area contributed by atoms with Crippen molar-refractivity contribution < 1.29 is 23.8 Å². The summed E-state index contributed by atoms with van der Waals surface area (Å²) in [5, 5.41) is 10.4. The van der Waals surface area contributed by atoms with E-state index >= 15 is 0 Å². The molecule has 6 rings (SSSR count). The van der Waals surface area contributed by atoms with Crippen LogP contribution in [-0.4, -0.2) is 74.8 Å². The lowest BCUT2D eigenvalue weighted by Crippen LogP contribution is -2.61. The lowest BCUT2D eigenvalue weighted by atomic mass is 9.97. The molecule has 1 amide bonds. The largest absolute Gasteiger partial charge is 0.478 e. The molecule has 0 spiro atoms. The van der Waals surface area contributed by atoms with Crippen molar-refractivity contribution in [2.24, 2.45) is 5.92 Å². The Morgan fingerprint density at radius 2 is 1.93 bits per heavy atom. The number of ether oxygens (including phenoxy) is 1. The second-order valence-corrected chi connectivity index (χ2v) is 12.8. The van der Waals surface area contributed by atoms with Gasteiger partial charge in [0.25, 0.3) is 5.91 Å². The van der Waals surface area contributed by atoms with Crippen LogP contribution in [0, 0.1) is 25.6 Å². The molecule has 2 saturated heterocycles. The second-order valence-electron chi connectivity index (χ2n) is 12.4. The van der Waals surface area contributed by atoms with Crippen molar-refractivity contribution in [2.45, 2.75) is 46.2 Å². The van der Waals surface area contributed by atoms with Crippen molar-refractivity contribution in [3.05, 3.63) is 75.9 Å². The van der Waals surface area contributed by atoms with Gasteiger partial charge in [0.05, 0.1) is 28.4 Å². The third kappa shape index (κ3) is 5.52. The molecule has 2 aliphatic rings. The molecular weight excluding hydrogens is 585 g/mol. The Labute approximate surface area is 260 Å². The number of rotatable bonds is 6. The Bertz CT molecular complexity index is 1760. The maximum absolute atomic E-state index is 14.4. The summed E-state index contributed by atoms with van der Waals surface area (Å²) in [5.41, 5.74) is 3.29. The highest BCUT2D eigenvalue weighted by atomic mass is 35.5. The van der Waals surface area contributed by atoms with E-state index in [4.69, 9.17) is 21.3 Å². The number of carbonyl (C=O) groups excluding carboxylic acids is 1. The molecule has 11 heteroatoms. The number of aromatic carboxylic acids is 1. The minimum Gasteiger partial charge on any atom is -0.478 e. The Morgan fingerprint density at radius 1 is 1.14 bits per heavy atom. The van der Waals surface area contributed by atoms with E-state index in [1.54, 1.807) is 38.1 Å². The van der Waals surface area contributed by atoms with Crippen LogP contribution in [-0.2, 0) is 11.3 Å². The Hall–Kier alpha value is -4.02. The van der Waals surface area contributed by atoms with Gasteiger partial charge in [-0.1, -0.05) is 17.7 Å². The molecule has 0 saturated carbocycles. The average Bonchev–Trinajstić information content (AvgIpc) is 3.61. The van der Waals surface area contributed by atoms with E-state index in [1.165, 1.54) is 6.07 Å². The van der Waals surface area contributed by atoms with Gasteiger partial charge in [-0.05, 0) is 75.6 Å². The van der Waals surface area contributed by atoms with Gasteiger partial charge < -0.3 is 24.2 Å². The number of aryl methyl sites for hydroxylation is 2. The molecule has 0 aliphatic carbocycles. The summed E-state index contributed by atoms with van der Waals surface area (Å²) in [7, 11) is 0. The maximum atomic E-state index is 14.4. The zero-order valence-electron chi connectivity index (χ0n) is 25.2. The normalized spacial score (nSPS) is 18.3. The minimum absolute atomic E-state index is 0.0626. The first-order valence-corrected chi connectivity index (χ1v) is 15.1. The molecular formula is C33H35ClFN5O4. The number of nitrogens with zero attached hydrogens (tertiary/aromatic N) is 5. The highest BCUT2D eigenvalue weighted by Gasteiger charge is 2.38. The number of fused-ring (bicyclic) bond motifs is 1. The van der Waals surface area contributed by atoms with Crippen LogP contribution in [0.25, 0.3) is 22.2 Å². The molecule has 0 radical (unpaired) electrons. The molecule has 2 fully saturated rings. The first-order chi connectivity index (χ1) is 20.9. The summed E-state index contributed by atoms with van der Waals surface area (Å²) in [6, 6.07) is 10.2. The van der Waals surface area contributed by atoms with Crippen LogP contribution in [0.15, 0.2) is 42.6 Å². The number of hydrogen-bond donors (Lipinski definition) is 1. The number of halogens is 2. The number of pyridine rings is 2. The van der Waals surface area contributed by atoms with Crippen molar-refractivity contribution in [1.82, 2.24) is 19.4 Å². The van der Waals surface area contributed by atoms with Gasteiger partial charge in [0.2, 0.25) is 0 Å². The number of hydrogen-bond acceptors (Lipinski definition) is 6. The van der Waals surface area contributed by atoms with E-state index in [-0.39, 0.29) is 16.5 Å². The molecule has 9 nitrogen and oxygen atoms in total. The van der Waals surface area contributed by atoms with Crippen molar-refractivity contribution >= 4 is 40.3 Å². The van der Waals surface area contributed by atoms with Crippen LogP contribution < -0.4 is 4.90 Å². The Balaban J connectivity index is 1.30. The lowest BCUT2D eigenvalue weighted by molar-refractivity contribution is 0.0507. The van der Waals surface area contributed by atoms with E-state index in [0.29, 0.717) is 72.7 Å². The van der Waals surface area contributed by atoms with E-state index in [1.807, 2.05) is 35.6 Å². The number of piperazine rings is 1. The number of carbonyl (C=O) groups is 2. The summed E-state index contributed by atoms with van der Waals surface area (Å²) >= 11 is 5.96.